The van der Waals surface area contributed by atoms with E-state index in [2.05, 4.69) is 272 Å². The van der Waals surface area contributed by atoms with Gasteiger partial charge < -0.3 is 26.4 Å². The van der Waals surface area contributed by atoms with Crippen molar-refractivity contribution in [3.8, 4) is 0 Å². The summed E-state index contributed by atoms with van der Waals surface area (Å²) in [5.41, 5.74) is 28.1. The molecule has 0 atom stereocenters. The van der Waals surface area contributed by atoms with Gasteiger partial charge >= 0.3 is 0 Å². The first-order chi connectivity index (χ1) is 38.2. The van der Waals surface area contributed by atoms with Gasteiger partial charge in [0.25, 0.3) is 5.91 Å². The number of nitrogens with one attached hydrogen (secondary N) is 6. The van der Waals surface area contributed by atoms with Crippen molar-refractivity contribution >= 4 is 77.3 Å². The van der Waals surface area contributed by atoms with Gasteiger partial charge in [-0.1, -0.05) is 188 Å². The maximum atomic E-state index is 11.2. The minimum Gasteiger partial charge on any atom is -0.382 e. The first kappa shape index (κ1) is 66.4. The third kappa shape index (κ3) is 16.9. The van der Waals surface area contributed by atoms with E-state index in [1.165, 1.54) is 55.1 Å². The van der Waals surface area contributed by atoms with Crippen LogP contribution in [0.3, 0.4) is 0 Å². The second kappa shape index (κ2) is 26.0. The maximum absolute atomic E-state index is 11.2. The van der Waals surface area contributed by atoms with Gasteiger partial charge in [-0.05, 0) is 138 Å². The van der Waals surface area contributed by atoms with Crippen molar-refractivity contribution < 1.29 is 4.79 Å². The molecule has 0 fully saturated rings. The van der Waals surface area contributed by atoms with Crippen LogP contribution in [0.1, 0.15) is 183 Å². The third-order valence-electron chi connectivity index (χ3n) is 14.6. The van der Waals surface area contributed by atoms with E-state index in [9.17, 15) is 4.79 Å². The molecule has 0 saturated heterocycles. The number of carbonyl (C=O) groups is 1. The first-order valence-corrected chi connectivity index (χ1v) is 28.2. The minimum atomic E-state index is -0.391. The van der Waals surface area contributed by atoms with E-state index in [0.717, 1.165) is 43.9 Å². The van der Waals surface area contributed by atoms with Crippen molar-refractivity contribution in [3.05, 3.63) is 185 Å². The predicted octanol–water partition coefficient (Wildman–Crippen LogP) is 18.3. The number of aromatic amines is 6. The SMILES string of the molecule is C.C.CC(C)(C)c1ccc2[nH]cc(C(N)=O)c2c1.CC(C)(C)c1ccc2[nH]ncc2c1.CC(C)(C)c1ccc2c(N)n[nH]c2c1.CC(C)(C)c1ccc2cc[nH]c2c1.CC(C)(C)c1ccc2cn[nH]c2c1.CC(C)(C)c1ccc2nc[nH]c2c1. The number of hydrogen-bond donors (Lipinski definition) is 8. The lowest BCUT2D eigenvalue weighted by molar-refractivity contribution is 0.100. The van der Waals surface area contributed by atoms with Gasteiger partial charge in [0, 0.05) is 45.0 Å². The summed E-state index contributed by atoms with van der Waals surface area (Å²) in [7, 11) is 0. The summed E-state index contributed by atoms with van der Waals surface area (Å²) >= 11 is 0. The Balaban J connectivity index is 0.000000184. The Bertz CT molecular complexity index is 3720. The minimum absolute atomic E-state index is 0. The van der Waals surface area contributed by atoms with Crippen molar-refractivity contribution in [1.29, 1.82) is 0 Å². The summed E-state index contributed by atoms with van der Waals surface area (Å²) in [6, 6.07) is 40.3. The Morgan fingerprint density at radius 2 is 0.857 bits per heavy atom. The zero-order chi connectivity index (χ0) is 60.2. The lowest BCUT2D eigenvalue weighted by Gasteiger charge is -2.18. The largest absolute Gasteiger partial charge is 0.382 e. The van der Waals surface area contributed by atoms with Gasteiger partial charge in [-0.25, -0.2) is 4.98 Å². The van der Waals surface area contributed by atoms with E-state index in [-0.39, 0.29) is 47.3 Å². The molecular weight excluding hydrogens is 1040 g/mol. The summed E-state index contributed by atoms with van der Waals surface area (Å²) in [5.74, 6) is 0.178. The lowest BCUT2D eigenvalue weighted by atomic mass is 9.86. The Labute approximate surface area is 499 Å². The molecule has 13 nitrogen and oxygen atoms in total. The fourth-order valence-electron chi connectivity index (χ4n) is 9.03. The third-order valence-corrected chi connectivity index (χ3v) is 14.6. The molecule has 0 aliphatic heterocycles. The van der Waals surface area contributed by atoms with Crippen LogP contribution in [0.5, 0.6) is 0 Å². The summed E-state index contributed by atoms with van der Waals surface area (Å²) in [6.07, 6.45) is 9.10. The molecule has 0 spiro atoms. The highest BCUT2D eigenvalue weighted by molar-refractivity contribution is 6.06. The molecule has 84 heavy (non-hydrogen) atoms. The van der Waals surface area contributed by atoms with Gasteiger partial charge in [0.05, 0.1) is 51.9 Å². The number of benzene rings is 6. The van der Waals surface area contributed by atoms with E-state index in [4.69, 9.17) is 11.5 Å². The first-order valence-electron chi connectivity index (χ1n) is 28.2. The van der Waals surface area contributed by atoms with E-state index < -0.39 is 5.91 Å². The number of amides is 1. The summed E-state index contributed by atoms with van der Waals surface area (Å²) in [6.45, 7) is 39.6. The van der Waals surface area contributed by atoms with Crippen LogP contribution in [0, 0.1) is 0 Å². The molecule has 0 saturated carbocycles. The average molecular weight is 1130 g/mol. The number of imidazole rings is 1. The van der Waals surface area contributed by atoms with Crippen molar-refractivity contribution in [2.24, 2.45) is 5.73 Å². The van der Waals surface area contributed by atoms with Crippen LogP contribution in [0.4, 0.5) is 5.82 Å². The molecule has 0 radical (unpaired) electrons. The number of primary amides is 1. The van der Waals surface area contributed by atoms with Crippen LogP contribution >= 0.6 is 0 Å². The Morgan fingerprint density at radius 1 is 0.405 bits per heavy atom. The monoisotopic (exact) mass is 1130 g/mol. The number of fused-ring (bicyclic) bond motifs is 6. The van der Waals surface area contributed by atoms with Crippen LogP contribution in [0.2, 0.25) is 0 Å². The molecule has 13 heteroatoms. The Morgan fingerprint density at radius 3 is 1.43 bits per heavy atom. The zero-order valence-electron chi connectivity index (χ0n) is 51.7. The number of nitrogens with two attached hydrogens (primary N) is 2. The number of hydrogen-bond acceptors (Lipinski definition) is 6. The number of anilines is 1. The quantitative estimate of drug-likeness (QED) is 0.0800. The molecular formula is C71H96N12O. The van der Waals surface area contributed by atoms with Crippen LogP contribution in [0.25, 0.3) is 65.5 Å². The molecule has 12 rings (SSSR count). The molecule has 0 unspecified atom stereocenters. The summed E-state index contributed by atoms with van der Waals surface area (Å²) < 4.78 is 0. The molecule has 0 aliphatic carbocycles. The smallest absolute Gasteiger partial charge is 0.250 e. The number of carbonyl (C=O) groups excluding carboxylic acids is 1. The van der Waals surface area contributed by atoms with Gasteiger partial charge in [-0.2, -0.15) is 15.3 Å². The number of nitrogen functional groups attached to an aromatic ring is 1. The summed E-state index contributed by atoms with van der Waals surface area (Å²) in [4.78, 5) is 24.8. The van der Waals surface area contributed by atoms with Gasteiger partial charge in [0.1, 0.15) is 0 Å². The van der Waals surface area contributed by atoms with E-state index >= 15 is 0 Å². The van der Waals surface area contributed by atoms with Crippen LogP contribution < -0.4 is 11.5 Å². The second-order valence-corrected chi connectivity index (χ2v) is 27.5. The number of aromatic nitrogens is 10. The molecule has 10 N–H and O–H groups in total. The molecule has 6 aromatic heterocycles. The van der Waals surface area contributed by atoms with Crippen molar-refractivity contribution in [1.82, 2.24) is 50.5 Å². The fraction of sp³-hybridized carbons (Fsp3) is 0.366. The van der Waals surface area contributed by atoms with Crippen LogP contribution in [-0.2, 0) is 32.5 Å². The van der Waals surface area contributed by atoms with Crippen molar-refractivity contribution in [2.75, 3.05) is 5.73 Å². The number of rotatable bonds is 1. The highest BCUT2D eigenvalue weighted by Crippen LogP contribution is 2.31. The zero-order valence-corrected chi connectivity index (χ0v) is 51.7. The van der Waals surface area contributed by atoms with Gasteiger partial charge in [0.15, 0.2) is 5.82 Å². The van der Waals surface area contributed by atoms with Gasteiger partial charge in [-0.15, -0.1) is 0 Å². The van der Waals surface area contributed by atoms with E-state index in [0.29, 0.717) is 11.4 Å². The number of nitrogens with zero attached hydrogens (tertiary/aromatic N) is 4. The molecule has 0 aliphatic rings. The molecule has 0 bridgehead atoms. The average Bonchev–Trinajstić information content (AvgIpc) is 4.30. The van der Waals surface area contributed by atoms with Crippen molar-refractivity contribution in [3.63, 3.8) is 0 Å². The molecule has 12 aromatic rings. The fourth-order valence-corrected chi connectivity index (χ4v) is 9.03. The Hall–Kier alpha value is -8.45. The maximum Gasteiger partial charge on any atom is 0.250 e. The van der Waals surface area contributed by atoms with Crippen LogP contribution in [0.15, 0.2) is 146 Å². The van der Waals surface area contributed by atoms with Crippen molar-refractivity contribution in [2.45, 2.75) is 172 Å². The predicted molar refractivity (Wildman–Crippen MR) is 360 cm³/mol. The Kier molecular flexibility index (Phi) is 20.5. The summed E-state index contributed by atoms with van der Waals surface area (Å²) in [5, 5.41) is 26.4. The molecule has 1 amide bonds. The highest BCUT2D eigenvalue weighted by atomic mass is 16.1. The lowest BCUT2D eigenvalue weighted by Crippen LogP contribution is -2.12. The highest BCUT2D eigenvalue weighted by Gasteiger charge is 2.19. The topological polar surface area (TPSA) is 215 Å². The second-order valence-electron chi connectivity index (χ2n) is 27.5. The van der Waals surface area contributed by atoms with E-state index in [1.807, 2.05) is 36.8 Å². The van der Waals surface area contributed by atoms with Crippen LogP contribution in [-0.4, -0.2) is 56.4 Å². The number of H-pyrrole nitrogens is 6. The van der Waals surface area contributed by atoms with Gasteiger partial charge in [0.2, 0.25) is 0 Å². The normalized spacial score (nSPS) is 11.9. The standard InChI is InChI=1S/C13H16N2O.C12H15N.C11H15N3.3C11H14N2.2CH4/c1-13(2,3)8-4-5-11-9(6-8)10(7-15-11)12(14)16;1-12(2,3)10-5-4-9-6-7-13-11(9)8-10;1-11(2,3)7-4-5-8-9(6-7)13-14-10(8)12;1-11(2,3)9-4-5-10-8(6-9)7-12-13-10;1-11(2,3)9-5-4-8-7-12-13-10(8)6-9;1-11(2,3)8-4-5-9-10(6-8)13-7-12-9;;/h4-7,15H,1-3H3,(H2,14,16);4-8,13H,1-3H3;4-6H,1-3H3,(H3,12,13,14);3*4-7H,1-3H3,(H,12,13);2*1H4. The molecule has 6 aromatic carbocycles. The molecule has 6 heterocycles. The van der Waals surface area contributed by atoms with E-state index in [1.54, 1.807) is 12.5 Å². The molecule has 446 valence electrons. The van der Waals surface area contributed by atoms with Gasteiger partial charge in [-0.3, -0.25) is 20.1 Å².